The van der Waals surface area contributed by atoms with Gasteiger partial charge in [-0.1, -0.05) is 43.2 Å². The van der Waals surface area contributed by atoms with Gasteiger partial charge < -0.3 is 20.9 Å². The van der Waals surface area contributed by atoms with Gasteiger partial charge in [0, 0.05) is 0 Å². The molecule has 0 radical (unpaired) electrons. The Morgan fingerprint density at radius 2 is 1.80 bits per heavy atom. The van der Waals surface area contributed by atoms with E-state index in [0.717, 1.165) is 5.56 Å². The Morgan fingerprint density at radius 3 is 2.35 bits per heavy atom. The van der Waals surface area contributed by atoms with E-state index in [9.17, 15) is 9.90 Å². The maximum Gasteiger partial charge on any atom is 0.451 e. The average Bonchev–Trinajstić information content (AvgIpc) is 2.42. The second-order valence-electron chi connectivity index (χ2n) is 5.17. The molecule has 110 valence electrons. The van der Waals surface area contributed by atoms with E-state index in [0.29, 0.717) is 32.1 Å². The fourth-order valence-electron chi connectivity index (χ4n) is 2.12. The predicted molar refractivity (Wildman–Crippen MR) is 78.2 cm³/mol. The fraction of sp³-hybridized carbons (Fsp3) is 0.500. The van der Waals surface area contributed by atoms with E-state index in [4.69, 9.17) is 15.8 Å². The summed E-state index contributed by atoms with van der Waals surface area (Å²) < 4.78 is 0. The molecule has 6 heteroatoms. The maximum absolute atomic E-state index is 11.3. The van der Waals surface area contributed by atoms with Crippen LogP contribution in [0.3, 0.4) is 0 Å². The summed E-state index contributed by atoms with van der Waals surface area (Å²) >= 11 is 0. The first kappa shape index (κ1) is 16.7. The zero-order valence-corrected chi connectivity index (χ0v) is 11.5. The van der Waals surface area contributed by atoms with Crippen molar-refractivity contribution in [1.29, 1.82) is 0 Å². The molecule has 0 spiro atoms. The summed E-state index contributed by atoms with van der Waals surface area (Å²) in [5, 5.41) is 26.8. The Bertz CT molecular complexity index is 413. The number of benzene rings is 1. The van der Waals surface area contributed by atoms with E-state index in [1.165, 1.54) is 0 Å². The SMILES string of the molecule is NC(CCCCB(O)O)(CCc1ccccc1)C(=O)O. The van der Waals surface area contributed by atoms with E-state index in [2.05, 4.69) is 0 Å². The largest absolute Gasteiger partial charge is 0.480 e. The van der Waals surface area contributed by atoms with Crippen molar-refractivity contribution in [2.45, 2.75) is 44.0 Å². The van der Waals surface area contributed by atoms with E-state index in [1.54, 1.807) is 0 Å². The third-order valence-corrected chi connectivity index (χ3v) is 3.46. The summed E-state index contributed by atoms with van der Waals surface area (Å²) in [6, 6.07) is 9.64. The van der Waals surface area contributed by atoms with Gasteiger partial charge in [-0.05, 0) is 31.1 Å². The normalized spacial score (nSPS) is 13.8. The molecule has 0 aliphatic carbocycles. The van der Waals surface area contributed by atoms with Crippen LogP contribution in [-0.4, -0.2) is 33.8 Å². The van der Waals surface area contributed by atoms with E-state index < -0.39 is 18.6 Å². The lowest BCUT2D eigenvalue weighted by Gasteiger charge is -2.24. The van der Waals surface area contributed by atoms with Gasteiger partial charge in [-0.25, -0.2) is 0 Å². The molecule has 1 atom stereocenters. The molecule has 0 saturated heterocycles. The van der Waals surface area contributed by atoms with Crippen LogP contribution in [-0.2, 0) is 11.2 Å². The summed E-state index contributed by atoms with van der Waals surface area (Å²) in [5.41, 5.74) is 5.79. The smallest absolute Gasteiger partial charge is 0.451 e. The third-order valence-electron chi connectivity index (χ3n) is 3.46. The molecule has 1 rings (SSSR count). The number of carboxylic acids is 1. The van der Waals surface area contributed by atoms with Crippen molar-refractivity contribution in [3.8, 4) is 0 Å². The Morgan fingerprint density at radius 1 is 1.15 bits per heavy atom. The molecular weight excluding hydrogens is 257 g/mol. The van der Waals surface area contributed by atoms with Gasteiger partial charge in [0.25, 0.3) is 0 Å². The minimum atomic E-state index is -1.34. The van der Waals surface area contributed by atoms with Gasteiger partial charge in [0.05, 0.1) is 0 Å². The average molecular weight is 279 g/mol. The van der Waals surface area contributed by atoms with Crippen molar-refractivity contribution < 1.29 is 19.9 Å². The Kier molecular flexibility index (Phi) is 6.71. The highest BCUT2D eigenvalue weighted by Gasteiger charge is 2.32. The molecule has 0 aromatic heterocycles. The van der Waals surface area contributed by atoms with Gasteiger partial charge in [-0.2, -0.15) is 0 Å². The Balaban J connectivity index is 2.47. The number of hydrogen-bond acceptors (Lipinski definition) is 4. The highest BCUT2D eigenvalue weighted by molar-refractivity contribution is 6.40. The Labute approximate surface area is 119 Å². The van der Waals surface area contributed by atoms with Crippen LogP contribution in [0.1, 0.15) is 31.2 Å². The monoisotopic (exact) mass is 279 g/mol. The van der Waals surface area contributed by atoms with Crippen LogP contribution in [0.25, 0.3) is 0 Å². The second-order valence-corrected chi connectivity index (χ2v) is 5.17. The lowest BCUT2D eigenvalue weighted by atomic mass is 9.81. The molecule has 5 nitrogen and oxygen atoms in total. The number of aryl methyl sites for hydroxylation is 1. The molecule has 0 heterocycles. The molecule has 0 aliphatic rings. The van der Waals surface area contributed by atoms with Gasteiger partial charge >= 0.3 is 13.1 Å². The van der Waals surface area contributed by atoms with Crippen molar-refractivity contribution in [3.63, 3.8) is 0 Å². The highest BCUT2D eigenvalue weighted by Crippen LogP contribution is 2.20. The number of unbranched alkanes of at least 4 members (excludes halogenated alkanes) is 1. The standard InChI is InChI=1S/C14H22BNO4/c16-14(13(17)18,9-4-5-11-15(19)20)10-8-12-6-2-1-3-7-12/h1-3,6-7,19-20H,4-5,8-11,16H2,(H,17,18). The lowest BCUT2D eigenvalue weighted by Crippen LogP contribution is -2.48. The molecule has 1 unspecified atom stereocenters. The van der Waals surface area contributed by atoms with Crippen LogP contribution in [0.15, 0.2) is 30.3 Å². The summed E-state index contributed by atoms with van der Waals surface area (Å²) in [5.74, 6) is -1.00. The van der Waals surface area contributed by atoms with Crippen LogP contribution in [0.5, 0.6) is 0 Å². The van der Waals surface area contributed by atoms with Crippen LogP contribution >= 0.6 is 0 Å². The number of hydrogen-bond donors (Lipinski definition) is 4. The van der Waals surface area contributed by atoms with E-state index >= 15 is 0 Å². The number of nitrogens with two attached hydrogens (primary N) is 1. The van der Waals surface area contributed by atoms with Crippen molar-refractivity contribution >= 4 is 13.1 Å². The molecular formula is C14H22BNO4. The molecule has 5 N–H and O–H groups in total. The highest BCUT2D eigenvalue weighted by atomic mass is 16.4. The number of rotatable bonds is 9. The minimum absolute atomic E-state index is 0.244. The summed E-state index contributed by atoms with van der Waals surface area (Å²) in [4.78, 5) is 11.3. The zero-order valence-electron chi connectivity index (χ0n) is 11.5. The van der Waals surface area contributed by atoms with E-state index in [-0.39, 0.29) is 6.32 Å². The lowest BCUT2D eigenvalue weighted by molar-refractivity contribution is -0.144. The summed E-state index contributed by atoms with van der Waals surface area (Å²) in [6.07, 6.45) is 2.68. The first-order valence-corrected chi connectivity index (χ1v) is 6.86. The first-order valence-electron chi connectivity index (χ1n) is 6.86. The predicted octanol–water partition coefficient (Wildman–Crippen LogP) is 1.04. The molecule has 20 heavy (non-hydrogen) atoms. The molecule has 0 bridgehead atoms. The van der Waals surface area contributed by atoms with Gasteiger partial charge in [0.15, 0.2) is 0 Å². The van der Waals surface area contributed by atoms with Crippen LogP contribution in [0.4, 0.5) is 0 Å². The molecule has 1 aromatic rings. The minimum Gasteiger partial charge on any atom is -0.480 e. The number of carbonyl (C=O) groups is 1. The van der Waals surface area contributed by atoms with Crippen molar-refractivity contribution in [3.05, 3.63) is 35.9 Å². The first-order chi connectivity index (χ1) is 9.44. The summed E-state index contributed by atoms with van der Waals surface area (Å²) in [6.45, 7) is 0. The zero-order chi connectivity index (χ0) is 15.0. The van der Waals surface area contributed by atoms with Crippen molar-refractivity contribution in [1.82, 2.24) is 0 Å². The van der Waals surface area contributed by atoms with Gasteiger partial charge in [-0.15, -0.1) is 0 Å². The number of carboxylic acid groups (broad SMARTS) is 1. The molecule has 0 saturated carbocycles. The second kappa shape index (κ2) is 8.04. The van der Waals surface area contributed by atoms with Crippen molar-refractivity contribution in [2.75, 3.05) is 0 Å². The topological polar surface area (TPSA) is 104 Å². The Hall–Kier alpha value is -1.37. The molecule has 1 aromatic carbocycles. The van der Waals surface area contributed by atoms with Gasteiger partial charge in [-0.3, -0.25) is 4.79 Å². The molecule has 0 amide bonds. The molecule has 0 aliphatic heterocycles. The summed E-state index contributed by atoms with van der Waals surface area (Å²) in [7, 11) is -1.34. The van der Waals surface area contributed by atoms with E-state index in [1.807, 2.05) is 30.3 Å². The quantitative estimate of drug-likeness (QED) is 0.399. The molecule has 0 fully saturated rings. The van der Waals surface area contributed by atoms with Crippen LogP contribution in [0.2, 0.25) is 6.32 Å². The van der Waals surface area contributed by atoms with Gasteiger partial charge in [0.2, 0.25) is 0 Å². The van der Waals surface area contributed by atoms with Gasteiger partial charge in [0.1, 0.15) is 5.54 Å². The third kappa shape index (κ3) is 5.73. The van der Waals surface area contributed by atoms with Crippen LogP contribution in [0, 0.1) is 0 Å². The fourth-order valence-corrected chi connectivity index (χ4v) is 2.12. The number of aliphatic carboxylic acids is 1. The maximum atomic E-state index is 11.3. The van der Waals surface area contributed by atoms with Crippen LogP contribution < -0.4 is 5.73 Å². The van der Waals surface area contributed by atoms with Crippen molar-refractivity contribution in [2.24, 2.45) is 5.73 Å².